The first-order valence-corrected chi connectivity index (χ1v) is 8.91. The molecule has 2 heterocycles. The van der Waals surface area contributed by atoms with E-state index in [9.17, 15) is 4.79 Å². The number of fused-ring (bicyclic) bond motifs is 2. The van der Waals surface area contributed by atoms with Crippen LogP contribution in [0.15, 0.2) is 36.5 Å². The number of amides is 1. The van der Waals surface area contributed by atoms with Gasteiger partial charge in [0, 0.05) is 36.7 Å². The molecule has 0 radical (unpaired) electrons. The van der Waals surface area contributed by atoms with Gasteiger partial charge in [0.1, 0.15) is 0 Å². The zero-order valence-corrected chi connectivity index (χ0v) is 14.2. The number of hydrogen-bond donors (Lipinski definition) is 0. The van der Waals surface area contributed by atoms with Crippen molar-refractivity contribution < 1.29 is 4.79 Å². The number of hydrogen-bond acceptors (Lipinski definition) is 3. The first-order valence-electron chi connectivity index (χ1n) is 8.91. The van der Waals surface area contributed by atoms with E-state index in [2.05, 4.69) is 17.1 Å². The molecule has 1 amide bonds. The smallest absolute Gasteiger partial charge is 0.222 e. The lowest BCUT2D eigenvalue weighted by atomic mass is 9.77. The first kappa shape index (κ1) is 15.3. The highest BCUT2D eigenvalue weighted by Crippen LogP contribution is 2.44. The van der Waals surface area contributed by atoms with Crippen LogP contribution in [0.2, 0.25) is 0 Å². The van der Waals surface area contributed by atoms with Crippen LogP contribution in [0, 0.1) is 0 Å². The number of piperidine rings is 1. The Kier molecular flexibility index (Phi) is 3.83. The number of likely N-dealkylation sites (tertiary alicyclic amines) is 1. The summed E-state index contributed by atoms with van der Waals surface area (Å²) in [5, 5.41) is 0. The number of carbonyl (C=O) groups excluding carboxylic acids is 1. The summed E-state index contributed by atoms with van der Waals surface area (Å²) >= 11 is 0. The predicted octanol–water partition coefficient (Wildman–Crippen LogP) is 3.36. The quantitative estimate of drug-likeness (QED) is 0.852. The van der Waals surface area contributed by atoms with E-state index in [0.717, 1.165) is 50.2 Å². The summed E-state index contributed by atoms with van der Waals surface area (Å²) in [4.78, 5) is 23.8. The minimum atomic E-state index is 0.0326. The zero-order chi connectivity index (χ0) is 16.6. The van der Waals surface area contributed by atoms with Crippen molar-refractivity contribution in [1.82, 2.24) is 14.9 Å². The molecule has 2 aliphatic rings. The van der Waals surface area contributed by atoms with Crippen LogP contribution >= 0.6 is 0 Å². The Hall–Kier alpha value is -2.23. The fourth-order valence-corrected chi connectivity index (χ4v) is 4.23. The molecule has 124 valence electrons. The Morgan fingerprint density at radius 2 is 2.08 bits per heavy atom. The van der Waals surface area contributed by atoms with Crippen LogP contribution in [0.25, 0.3) is 11.4 Å². The zero-order valence-electron chi connectivity index (χ0n) is 14.2. The molecule has 0 bridgehead atoms. The molecule has 2 aromatic rings. The molecule has 0 saturated carbocycles. The molecular weight excluding hydrogens is 298 g/mol. The summed E-state index contributed by atoms with van der Waals surface area (Å²) in [6.45, 7) is 3.65. The van der Waals surface area contributed by atoms with Crippen molar-refractivity contribution in [2.24, 2.45) is 0 Å². The van der Waals surface area contributed by atoms with E-state index in [1.165, 1.54) is 11.3 Å². The van der Waals surface area contributed by atoms with Gasteiger partial charge in [0.05, 0.1) is 5.69 Å². The highest BCUT2D eigenvalue weighted by molar-refractivity contribution is 5.76. The third kappa shape index (κ3) is 2.50. The molecule has 1 atom stereocenters. The molecule has 1 saturated heterocycles. The lowest BCUT2D eigenvalue weighted by molar-refractivity contribution is -0.133. The Morgan fingerprint density at radius 1 is 1.25 bits per heavy atom. The van der Waals surface area contributed by atoms with Crippen LogP contribution in [0.5, 0.6) is 0 Å². The summed E-state index contributed by atoms with van der Waals surface area (Å²) in [7, 11) is 0. The van der Waals surface area contributed by atoms with Crippen molar-refractivity contribution >= 4 is 5.91 Å². The maximum absolute atomic E-state index is 12.2. The van der Waals surface area contributed by atoms with Crippen LogP contribution in [-0.4, -0.2) is 33.9 Å². The van der Waals surface area contributed by atoms with Gasteiger partial charge in [0.25, 0.3) is 0 Å². The lowest BCUT2D eigenvalue weighted by Crippen LogP contribution is -2.47. The normalized spacial score (nSPS) is 22.6. The summed E-state index contributed by atoms with van der Waals surface area (Å²) in [6, 6.07) is 10.1. The SMILES string of the molecule is CCC(=O)N1CCCC2(CCc3cnc(-c4ccccc4)nc32)C1. The Balaban J connectivity index is 1.71. The maximum Gasteiger partial charge on any atom is 0.222 e. The van der Waals surface area contributed by atoms with Gasteiger partial charge in [-0.05, 0) is 31.2 Å². The van der Waals surface area contributed by atoms with Crippen LogP contribution in [0.1, 0.15) is 43.9 Å². The Bertz CT molecular complexity index is 755. The fourth-order valence-electron chi connectivity index (χ4n) is 4.23. The van der Waals surface area contributed by atoms with Crippen LogP contribution < -0.4 is 0 Å². The molecule has 1 aromatic carbocycles. The van der Waals surface area contributed by atoms with Crippen molar-refractivity contribution in [2.45, 2.75) is 44.4 Å². The van der Waals surface area contributed by atoms with E-state index in [-0.39, 0.29) is 11.3 Å². The molecule has 24 heavy (non-hydrogen) atoms. The van der Waals surface area contributed by atoms with Gasteiger partial charge in [0.15, 0.2) is 5.82 Å². The summed E-state index contributed by atoms with van der Waals surface area (Å²) in [6.07, 6.45) is 6.89. The molecule has 1 aliphatic heterocycles. The highest BCUT2D eigenvalue weighted by atomic mass is 16.2. The van der Waals surface area contributed by atoms with Gasteiger partial charge in [-0.3, -0.25) is 4.79 Å². The fraction of sp³-hybridized carbons (Fsp3) is 0.450. The molecule has 1 unspecified atom stereocenters. The number of nitrogens with zero attached hydrogens (tertiary/aromatic N) is 3. The topological polar surface area (TPSA) is 46.1 Å². The average molecular weight is 321 g/mol. The number of aromatic nitrogens is 2. The second-order valence-corrected chi connectivity index (χ2v) is 6.99. The molecule has 1 aromatic heterocycles. The third-order valence-corrected chi connectivity index (χ3v) is 5.50. The maximum atomic E-state index is 12.2. The molecule has 1 aliphatic carbocycles. The predicted molar refractivity (Wildman–Crippen MR) is 93.6 cm³/mol. The second kappa shape index (κ2) is 6.00. The number of aryl methyl sites for hydroxylation is 1. The lowest BCUT2D eigenvalue weighted by Gasteiger charge is -2.40. The van der Waals surface area contributed by atoms with E-state index in [4.69, 9.17) is 4.98 Å². The third-order valence-electron chi connectivity index (χ3n) is 5.50. The molecule has 4 heteroatoms. The number of benzene rings is 1. The Morgan fingerprint density at radius 3 is 2.88 bits per heavy atom. The Labute approximate surface area is 142 Å². The van der Waals surface area contributed by atoms with Crippen molar-refractivity contribution in [1.29, 1.82) is 0 Å². The molecule has 0 N–H and O–H groups in total. The van der Waals surface area contributed by atoms with E-state index in [1.807, 2.05) is 36.2 Å². The standard InChI is InChI=1S/C20H23N3O/c1-2-17(24)23-12-6-10-20(14-23)11-9-16-13-21-19(22-18(16)20)15-7-4-3-5-8-15/h3-5,7-8,13H,2,6,9-12,14H2,1H3. The minimum Gasteiger partial charge on any atom is -0.342 e. The molecule has 1 spiro atoms. The first-order chi connectivity index (χ1) is 11.7. The highest BCUT2D eigenvalue weighted by Gasteiger charge is 2.44. The van der Waals surface area contributed by atoms with Crippen molar-refractivity contribution in [3.63, 3.8) is 0 Å². The van der Waals surface area contributed by atoms with Crippen LogP contribution in [0.4, 0.5) is 0 Å². The van der Waals surface area contributed by atoms with Gasteiger partial charge < -0.3 is 4.90 Å². The van der Waals surface area contributed by atoms with Crippen LogP contribution in [0.3, 0.4) is 0 Å². The van der Waals surface area contributed by atoms with E-state index in [0.29, 0.717) is 6.42 Å². The van der Waals surface area contributed by atoms with E-state index in [1.54, 1.807) is 0 Å². The minimum absolute atomic E-state index is 0.0326. The van der Waals surface area contributed by atoms with Crippen molar-refractivity contribution in [3.8, 4) is 11.4 Å². The number of carbonyl (C=O) groups is 1. The van der Waals surface area contributed by atoms with Gasteiger partial charge in [-0.15, -0.1) is 0 Å². The molecular formula is C20H23N3O. The summed E-state index contributed by atoms with van der Waals surface area (Å²) in [5.74, 6) is 1.06. The van der Waals surface area contributed by atoms with Crippen molar-refractivity contribution in [3.05, 3.63) is 47.8 Å². The number of rotatable bonds is 2. The molecule has 4 nitrogen and oxygen atoms in total. The monoisotopic (exact) mass is 321 g/mol. The average Bonchev–Trinajstić information content (AvgIpc) is 2.99. The summed E-state index contributed by atoms with van der Waals surface area (Å²) in [5.41, 5.74) is 3.54. The molecule has 1 fully saturated rings. The largest absolute Gasteiger partial charge is 0.342 e. The van der Waals surface area contributed by atoms with Gasteiger partial charge in [-0.25, -0.2) is 9.97 Å². The summed E-state index contributed by atoms with van der Waals surface area (Å²) < 4.78 is 0. The molecule has 4 rings (SSSR count). The van der Waals surface area contributed by atoms with Gasteiger partial charge in [-0.1, -0.05) is 37.3 Å². The van der Waals surface area contributed by atoms with Crippen molar-refractivity contribution in [2.75, 3.05) is 13.1 Å². The van der Waals surface area contributed by atoms with Gasteiger partial charge >= 0.3 is 0 Å². The van der Waals surface area contributed by atoms with Gasteiger partial charge in [-0.2, -0.15) is 0 Å². The van der Waals surface area contributed by atoms with E-state index >= 15 is 0 Å². The van der Waals surface area contributed by atoms with Gasteiger partial charge in [0.2, 0.25) is 5.91 Å². The second-order valence-electron chi connectivity index (χ2n) is 6.99. The van der Waals surface area contributed by atoms with Crippen LogP contribution in [-0.2, 0) is 16.6 Å². The van der Waals surface area contributed by atoms with E-state index < -0.39 is 0 Å².